The monoisotopic (exact) mass is 816 g/mol. The van der Waals surface area contributed by atoms with Gasteiger partial charge in [0.1, 0.15) is 18.3 Å². The number of hydrogen-bond donors (Lipinski definition) is 5. The minimum atomic E-state index is -0.957. The van der Waals surface area contributed by atoms with Crippen LogP contribution in [0.2, 0.25) is 0 Å². The van der Waals surface area contributed by atoms with E-state index in [4.69, 9.17) is 37.9 Å². The SMILES string of the molecule is C[C@H]1OC(O[C@H]2[C@@H](O)CC(O[C@H]3[C@@H](O)CC(O[C@H]4CC[C@@]5(C)[C@H](CC[C@@H]6[C@@H]5C[C@@H](O)[C@]5(C)[C@@H](CO)CC[C@]65O)C4)O[C@@H]3C)O[C@@H]2C)C[C@@H]2OC(c3ccccc3)O[C@@H]21. The van der Waals surface area contributed by atoms with Crippen molar-refractivity contribution in [3.63, 3.8) is 0 Å². The fourth-order valence-corrected chi connectivity index (χ4v) is 13.4. The molecule has 9 rings (SSSR count). The molecule has 22 atom stereocenters. The van der Waals surface area contributed by atoms with Gasteiger partial charge in [-0.3, -0.25) is 0 Å². The van der Waals surface area contributed by atoms with Crippen LogP contribution in [-0.2, 0) is 37.9 Å². The summed E-state index contributed by atoms with van der Waals surface area (Å²) in [6.45, 7) is 10.1. The summed E-state index contributed by atoms with van der Waals surface area (Å²) in [6.07, 6.45) is -0.272. The average molecular weight is 817 g/mol. The maximum Gasteiger partial charge on any atom is 0.184 e. The van der Waals surface area contributed by atoms with Gasteiger partial charge in [0.05, 0.1) is 54.4 Å². The molecule has 4 heterocycles. The van der Waals surface area contributed by atoms with Gasteiger partial charge in [-0.1, -0.05) is 44.2 Å². The lowest BCUT2D eigenvalue weighted by atomic mass is 9.42. The van der Waals surface area contributed by atoms with Crippen LogP contribution >= 0.6 is 0 Å². The summed E-state index contributed by atoms with van der Waals surface area (Å²) >= 11 is 0. The second-order valence-corrected chi connectivity index (χ2v) is 19.8. The number of benzene rings is 1. The van der Waals surface area contributed by atoms with Crippen LogP contribution in [-0.4, -0.2) is 124 Å². The third kappa shape index (κ3) is 7.13. The van der Waals surface area contributed by atoms with E-state index in [0.717, 1.165) is 44.1 Å². The predicted octanol–water partition coefficient (Wildman–Crippen LogP) is 4.49. The highest BCUT2D eigenvalue weighted by molar-refractivity contribution is 5.20. The summed E-state index contributed by atoms with van der Waals surface area (Å²) in [5, 5.41) is 56.7. The number of ether oxygens (including phenoxy) is 8. The Morgan fingerprint density at radius 2 is 1.31 bits per heavy atom. The Hall–Kier alpha value is -1.30. The van der Waals surface area contributed by atoms with Gasteiger partial charge in [0.2, 0.25) is 0 Å². The Labute approximate surface area is 342 Å². The second-order valence-electron chi connectivity index (χ2n) is 19.8. The molecule has 0 bridgehead atoms. The van der Waals surface area contributed by atoms with Crippen LogP contribution in [0.5, 0.6) is 0 Å². The zero-order valence-corrected chi connectivity index (χ0v) is 34.8. The van der Waals surface area contributed by atoms with E-state index in [1.54, 1.807) is 0 Å². The lowest BCUT2D eigenvalue weighted by Gasteiger charge is -2.65. The van der Waals surface area contributed by atoms with Crippen molar-refractivity contribution >= 4 is 0 Å². The highest BCUT2D eigenvalue weighted by atomic mass is 16.8. The van der Waals surface area contributed by atoms with Crippen LogP contribution in [0.3, 0.4) is 0 Å². The molecule has 4 aliphatic carbocycles. The van der Waals surface area contributed by atoms with Crippen molar-refractivity contribution in [3.05, 3.63) is 35.9 Å². The number of fused-ring (bicyclic) bond motifs is 6. The zero-order chi connectivity index (χ0) is 40.7. The van der Waals surface area contributed by atoms with Gasteiger partial charge in [0.15, 0.2) is 25.2 Å². The molecule has 13 heteroatoms. The number of aliphatic hydroxyl groups is 5. The largest absolute Gasteiger partial charge is 0.396 e. The summed E-state index contributed by atoms with van der Waals surface area (Å²) in [6, 6.07) is 9.84. The van der Waals surface area contributed by atoms with Crippen molar-refractivity contribution in [2.45, 2.75) is 203 Å². The van der Waals surface area contributed by atoms with Crippen molar-refractivity contribution in [3.8, 4) is 0 Å². The molecule has 0 amide bonds. The Balaban J connectivity index is 0.749. The molecule has 13 nitrogen and oxygen atoms in total. The quantitative estimate of drug-likeness (QED) is 0.233. The van der Waals surface area contributed by atoms with E-state index in [1.165, 1.54) is 0 Å². The summed E-state index contributed by atoms with van der Waals surface area (Å²) in [7, 11) is 0. The first-order valence-corrected chi connectivity index (χ1v) is 22.4. The number of aliphatic hydroxyl groups excluding tert-OH is 4. The minimum absolute atomic E-state index is 0.00345. The summed E-state index contributed by atoms with van der Waals surface area (Å²) in [4.78, 5) is 0. The lowest BCUT2D eigenvalue weighted by Crippen LogP contribution is -2.67. The Kier molecular flexibility index (Phi) is 11.7. The first kappa shape index (κ1) is 42.0. The van der Waals surface area contributed by atoms with Gasteiger partial charge in [0.25, 0.3) is 0 Å². The highest BCUT2D eigenvalue weighted by Gasteiger charge is 2.70. The Morgan fingerprint density at radius 1 is 0.672 bits per heavy atom. The van der Waals surface area contributed by atoms with E-state index < -0.39 is 78.9 Å². The number of rotatable bonds is 8. The molecule has 1 aromatic rings. The molecule has 0 aromatic heterocycles. The van der Waals surface area contributed by atoms with Crippen LogP contribution in [0.15, 0.2) is 30.3 Å². The molecule has 4 saturated heterocycles. The molecule has 8 fully saturated rings. The van der Waals surface area contributed by atoms with Gasteiger partial charge in [-0.2, -0.15) is 0 Å². The summed E-state index contributed by atoms with van der Waals surface area (Å²) < 4.78 is 50.5. The maximum atomic E-state index is 12.3. The molecular weight excluding hydrogens is 748 g/mol. The summed E-state index contributed by atoms with van der Waals surface area (Å²) in [5.41, 5.74) is -0.691. The fraction of sp³-hybridized carbons (Fsp3) is 0.867. The molecule has 58 heavy (non-hydrogen) atoms. The first-order valence-electron chi connectivity index (χ1n) is 22.4. The summed E-state index contributed by atoms with van der Waals surface area (Å²) in [5.74, 6) is 0.661. The molecular formula is C45H68O13. The molecule has 5 N–H and O–H groups in total. The standard InChI is InChI=1S/C45H68O13/c1-23-39(56-37-20-33(48)40(24(2)52-37)57-38-21-34-41(25(3)53-38)58-42(55-34)26-9-7-6-8-10-26)32(47)19-36(51-23)54-29-14-15-43(4)27(17-29)11-12-30-31(43)18-35(49)44(5)28(22-46)13-16-45(30,44)50/h6-10,23-25,27-42,46-50H,11-22H2,1-5H3/t23-,24-,25-,27-,28-,29+,30-,31+,32+,33+,34+,35-,36?,37?,38?,39-,40-,41-,42?,43+,44+,45+/m1/s1. The Morgan fingerprint density at radius 3 is 1.97 bits per heavy atom. The van der Waals surface area contributed by atoms with Crippen LogP contribution < -0.4 is 0 Å². The lowest BCUT2D eigenvalue weighted by molar-refractivity contribution is -0.334. The van der Waals surface area contributed by atoms with Crippen LogP contribution in [0.1, 0.15) is 117 Å². The molecule has 8 aliphatic rings. The van der Waals surface area contributed by atoms with E-state index in [1.807, 2.05) is 58.0 Å². The van der Waals surface area contributed by atoms with E-state index in [0.29, 0.717) is 25.2 Å². The topological polar surface area (TPSA) is 175 Å². The molecule has 4 aliphatic heterocycles. The highest BCUT2D eigenvalue weighted by Crippen LogP contribution is 2.69. The van der Waals surface area contributed by atoms with Crippen LogP contribution in [0.25, 0.3) is 0 Å². The van der Waals surface area contributed by atoms with Gasteiger partial charge in [-0.05, 0) is 101 Å². The molecule has 326 valence electrons. The molecule has 1 aromatic carbocycles. The maximum absolute atomic E-state index is 12.3. The van der Waals surface area contributed by atoms with Crippen molar-refractivity contribution < 1.29 is 63.4 Å². The third-order valence-corrected chi connectivity index (χ3v) is 16.8. The van der Waals surface area contributed by atoms with Gasteiger partial charge in [-0.25, -0.2) is 0 Å². The molecule has 4 unspecified atom stereocenters. The Bertz CT molecular complexity index is 1550. The van der Waals surface area contributed by atoms with Crippen molar-refractivity contribution in [2.75, 3.05) is 6.61 Å². The first-order chi connectivity index (χ1) is 27.7. The molecule has 4 saturated carbocycles. The number of hydrogen-bond acceptors (Lipinski definition) is 13. The molecule has 0 spiro atoms. The van der Waals surface area contributed by atoms with Crippen molar-refractivity contribution in [1.29, 1.82) is 0 Å². The molecule has 0 radical (unpaired) electrons. The average Bonchev–Trinajstić information content (AvgIpc) is 3.75. The predicted molar refractivity (Wildman–Crippen MR) is 208 cm³/mol. The van der Waals surface area contributed by atoms with Crippen molar-refractivity contribution in [1.82, 2.24) is 0 Å². The van der Waals surface area contributed by atoms with E-state index >= 15 is 0 Å². The van der Waals surface area contributed by atoms with Crippen LogP contribution in [0.4, 0.5) is 0 Å². The second kappa shape index (κ2) is 16.1. The van der Waals surface area contributed by atoms with Crippen LogP contribution in [0, 0.1) is 34.5 Å². The third-order valence-electron chi connectivity index (χ3n) is 16.8. The van der Waals surface area contributed by atoms with E-state index in [9.17, 15) is 25.5 Å². The fourth-order valence-electron chi connectivity index (χ4n) is 13.4. The smallest absolute Gasteiger partial charge is 0.184 e. The van der Waals surface area contributed by atoms with Gasteiger partial charge >= 0.3 is 0 Å². The van der Waals surface area contributed by atoms with Gasteiger partial charge in [-0.15, -0.1) is 0 Å². The van der Waals surface area contributed by atoms with E-state index in [2.05, 4.69) is 6.92 Å². The minimum Gasteiger partial charge on any atom is -0.396 e. The van der Waals surface area contributed by atoms with Crippen molar-refractivity contribution in [2.24, 2.45) is 34.5 Å². The zero-order valence-electron chi connectivity index (χ0n) is 34.8. The van der Waals surface area contributed by atoms with Gasteiger partial charge < -0.3 is 63.4 Å². The normalized spacial score (nSPS) is 54.3. The van der Waals surface area contributed by atoms with E-state index in [-0.39, 0.29) is 67.0 Å². The van der Waals surface area contributed by atoms with Gasteiger partial charge in [0, 0.05) is 36.8 Å².